The van der Waals surface area contributed by atoms with E-state index in [1.807, 2.05) is 0 Å². The molecule has 0 aromatic heterocycles. The summed E-state index contributed by atoms with van der Waals surface area (Å²) in [7, 11) is 0. The van der Waals surface area contributed by atoms with Crippen LogP contribution in [0.4, 0.5) is 11.4 Å². The Morgan fingerprint density at radius 1 is 1.26 bits per heavy atom. The molecule has 0 bridgehead atoms. The molecule has 2 rings (SSSR count). The van der Waals surface area contributed by atoms with Gasteiger partial charge in [0.05, 0.1) is 15.2 Å². The van der Waals surface area contributed by atoms with Crippen LogP contribution in [0.25, 0.3) is 0 Å². The Kier molecular flexibility index (Phi) is 5.87. The minimum absolute atomic E-state index is 0.154. The van der Waals surface area contributed by atoms with Crippen LogP contribution in [-0.2, 0) is 4.79 Å². The summed E-state index contributed by atoms with van der Waals surface area (Å²) in [5.74, 6) is -0.361. The molecule has 1 atom stereocenters. The fourth-order valence-corrected chi connectivity index (χ4v) is 3.19. The van der Waals surface area contributed by atoms with Crippen LogP contribution < -0.4 is 5.32 Å². The zero-order valence-corrected chi connectivity index (χ0v) is 14.3. The molecule has 0 aliphatic carbocycles. The molecule has 0 fully saturated rings. The highest BCUT2D eigenvalue weighted by atomic mass is 35.5. The first-order valence-electron chi connectivity index (χ1n) is 6.54. The van der Waals surface area contributed by atoms with Crippen LogP contribution in [0.2, 0.25) is 10.0 Å². The van der Waals surface area contributed by atoms with Gasteiger partial charge in [-0.15, -0.1) is 11.8 Å². The predicted octanol–water partition coefficient (Wildman–Crippen LogP) is 5.02. The van der Waals surface area contributed by atoms with E-state index in [1.165, 1.54) is 30.0 Å². The minimum atomic E-state index is -0.540. The highest BCUT2D eigenvalue weighted by Crippen LogP contribution is 2.33. The molecule has 0 radical (unpaired) electrons. The van der Waals surface area contributed by atoms with Crippen LogP contribution in [0, 0.1) is 10.1 Å². The second-order valence-corrected chi connectivity index (χ2v) is 6.82. The van der Waals surface area contributed by atoms with Crippen molar-refractivity contribution in [2.24, 2.45) is 0 Å². The van der Waals surface area contributed by atoms with E-state index in [-0.39, 0.29) is 17.3 Å². The van der Waals surface area contributed by atoms with E-state index in [0.29, 0.717) is 14.9 Å². The van der Waals surface area contributed by atoms with Crippen molar-refractivity contribution >= 4 is 52.2 Å². The van der Waals surface area contributed by atoms with Crippen LogP contribution in [0.15, 0.2) is 47.4 Å². The second-order valence-electron chi connectivity index (χ2n) is 4.60. The molecular formula is C15H12Cl2N2O3S. The SMILES string of the molecule is C[C@@H](Sc1cc(Cl)ccc1Cl)C(=O)Nc1ccccc1[N+](=O)[O-]. The third-order valence-corrected chi connectivity index (χ3v) is 4.76. The van der Waals surface area contributed by atoms with Crippen molar-refractivity contribution in [3.8, 4) is 0 Å². The van der Waals surface area contributed by atoms with Crippen molar-refractivity contribution in [3.05, 3.63) is 62.6 Å². The van der Waals surface area contributed by atoms with Gasteiger partial charge >= 0.3 is 0 Å². The molecular weight excluding hydrogens is 359 g/mol. The maximum Gasteiger partial charge on any atom is 0.292 e. The number of rotatable bonds is 5. The molecule has 0 aliphatic heterocycles. The van der Waals surface area contributed by atoms with E-state index in [0.717, 1.165) is 0 Å². The van der Waals surface area contributed by atoms with Crippen LogP contribution in [0.5, 0.6) is 0 Å². The molecule has 23 heavy (non-hydrogen) atoms. The number of thioether (sulfide) groups is 1. The first-order chi connectivity index (χ1) is 10.9. The number of hydrogen-bond donors (Lipinski definition) is 1. The number of anilines is 1. The van der Waals surface area contributed by atoms with Gasteiger partial charge in [-0.2, -0.15) is 0 Å². The Bertz CT molecular complexity index is 755. The maximum absolute atomic E-state index is 12.3. The van der Waals surface area contributed by atoms with Gasteiger partial charge in [0.2, 0.25) is 5.91 Å². The maximum atomic E-state index is 12.3. The molecule has 0 spiro atoms. The molecule has 8 heteroatoms. The number of carbonyl (C=O) groups excluding carboxylic acids is 1. The molecule has 2 aromatic rings. The van der Waals surface area contributed by atoms with E-state index in [2.05, 4.69) is 5.32 Å². The molecule has 0 saturated carbocycles. The Hall–Kier alpha value is -1.76. The number of nitrogens with one attached hydrogen (secondary N) is 1. The Morgan fingerprint density at radius 3 is 2.65 bits per heavy atom. The summed E-state index contributed by atoms with van der Waals surface area (Å²) in [6.45, 7) is 1.69. The topological polar surface area (TPSA) is 72.2 Å². The molecule has 0 aliphatic rings. The summed E-state index contributed by atoms with van der Waals surface area (Å²) in [6, 6.07) is 11.0. The third-order valence-electron chi connectivity index (χ3n) is 2.92. The van der Waals surface area contributed by atoms with Crippen molar-refractivity contribution in [1.82, 2.24) is 0 Å². The van der Waals surface area contributed by atoms with Crippen molar-refractivity contribution < 1.29 is 9.72 Å². The van der Waals surface area contributed by atoms with Gasteiger partial charge in [0.15, 0.2) is 0 Å². The van der Waals surface area contributed by atoms with E-state index in [1.54, 1.807) is 31.2 Å². The van der Waals surface area contributed by atoms with Crippen LogP contribution in [0.1, 0.15) is 6.92 Å². The van der Waals surface area contributed by atoms with Crippen LogP contribution in [0.3, 0.4) is 0 Å². The van der Waals surface area contributed by atoms with Crippen LogP contribution >= 0.6 is 35.0 Å². The Labute approximate surface area is 147 Å². The van der Waals surface area contributed by atoms with Gasteiger partial charge in [0, 0.05) is 16.0 Å². The number of benzene rings is 2. The predicted molar refractivity (Wildman–Crippen MR) is 93.5 cm³/mol. The summed E-state index contributed by atoms with van der Waals surface area (Å²) in [4.78, 5) is 23.4. The number of para-hydroxylation sites is 2. The molecule has 1 N–H and O–H groups in total. The third kappa shape index (κ3) is 4.60. The van der Waals surface area contributed by atoms with E-state index >= 15 is 0 Å². The summed E-state index contributed by atoms with van der Waals surface area (Å²) in [5, 5.41) is 14.0. The summed E-state index contributed by atoms with van der Waals surface area (Å²) in [6.07, 6.45) is 0. The minimum Gasteiger partial charge on any atom is -0.319 e. The first kappa shape index (κ1) is 17.6. The fraction of sp³-hybridized carbons (Fsp3) is 0.133. The largest absolute Gasteiger partial charge is 0.319 e. The lowest BCUT2D eigenvalue weighted by molar-refractivity contribution is -0.383. The zero-order chi connectivity index (χ0) is 17.0. The smallest absolute Gasteiger partial charge is 0.292 e. The monoisotopic (exact) mass is 370 g/mol. The lowest BCUT2D eigenvalue weighted by atomic mass is 10.2. The average molecular weight is 371 g/mol. The van der Waals surface area contributed by atoms with Gasteiger partial charge in [-0.25, -0.2) is 0 Å². The zero-order valence-electron chi connectivity index (χ0n) is 12.0. The number of amides is 1. The van der Waals surface area contributed by atoms with Gasteiger partial charge < -0.3 is 5.32 Å². The van der Waals surface area contributed by atoms with Crippen molar-refractivity contribution in [3.63, 3.8) is 0 Å². The molecule has 0 saturated heterocycles. The van der Waals surface area contributed by atoms with Gasteiger partial charge in [0.25, 0.3) is 5.69 Å². The first-order valence-corrected chi connectivity index (χ1v) is 8.18. The number of halogens is 2. The summed E-state index contributed by atoms with van der Waals surface area (Å²) < 4.78 is 0. The van der Waals surface area contributed by atoms with Crippen LogP contribution in [-0.4, -0.2) is 16.1 Å². The Morgan fingerprint density at radius 2 is 1.96 bits per heavy atom. The number of nitrogens with zero attached hydrogens (tertiary/aromatic N) is 1. The van der Waals surface area contributed by atoms with E-state index in [4.69, 9.17) is 23.2 Å². The lowest BCUT2D eigenvalue weighted by Crippen LogP contribution is -2.22. The number of nitro benzene ring substituents is 1. The standard InChI is InChI=1S/C15H12Cl2N2O3S/c1-9(23-14-8-10(16)6-7-11(14)17)15(20)18-12-4-2-3-5-13(12)19(21)22/h2-9H,1H3,(H,18,20)/t9-/m1/s1. The fourth-order valence-electron chi connectivity index (χ4n) is 1.78. The van der Waals surface area contributed by atoms with E-state index in [9.17, 15) is 14.9 Å². The Balaban J connectivity index is 2.12. The molecule has 0 unspecified atom stereocenters. The average Bonchev–Trinajstić information content (AvgIpc) is 2.51. The van der Waals surface area contributed by atoms with Gasteiger partial charge in [-0.3, -0.25) is 14.9 Å². The summed E-state index contributed by atoms with van der Waals surface area (Å²) in [5.41, 5.74) is 0.00554. The number of carbonyl (C=O) groups is 1. The summed E-state index contributed by atoms with van der Waals surface area (Å²) >= 11 is 13.2. The van der Waals surface area contributed by atoms with Gasteiger partial charge in [-0.05, 0) is 31.2 Å². The van der Waals surface area contributed by atoms with Gasteiger partial charge in [0.1, 0.15) is 5.69 Å². The number of nitro groups is 1. The van der Waals surface area contributed by atoms with Crippen molar-refractivity contribution in [2.45, 2.75) is 17.1 Å². The number of hydrogen-bond acceptors (Lipinski definition) is 4. The molecule has 2 aromatic carbocycles. The molecule has 1 amide bonds. The normalized spacial score (nSPS) is 11.8. The second kappa shape index (κ2) is 7.68. The van der Waals surface area contributed by atoms with Crippen molar-refractivity contribution in [1.29, 1.82) is 0 Å². The van der Waals surface area contributed by atoms with Crippen molar-refractivity contribution in [2.75, 3.05) is 5.32 Å². The quantitative estimate of drug-likeness (QED) is 0.455. The lowest BCUT2D eigenvalue weighted by Gasteiger charge is -2.13. The highest BCUT2D eigenvalue weighted by Gasteiger charge is 2.20. The van der Waals surface area contributed by atoms with Gasteiger partial charge in [-0.1, -0.05) is 35.3 Å². The highest BCUT2D eigenvalue weighted by molar-refractivity contribution is 8.00. The molecule has 120 valence electrons. The van der Waals surface area contributed by atoms with E-state index < -0.39 is 10.2 Å². The molecule has 0 heterocycles. The molecule has 5 nitrogen and oxygen atoms in total.